The Morgan fingerprint density at radius 3 is 2.37 bits per heavy atom. The number of rotatable bonds is 11. The van der Waals surface area contributed by atoms with E-state index in [0.29, 0.717) is 23.9 Å². The van der Waals surface area contributed by atoms with E-state index in [4.69, 9.17) is 11.6 Å². The van der Waals surface area contributed by atoms with Crippen molar-refractivity contribution >= 4 is 35.2 Å². The van der Waals surface area contributed by atoms with Crippen molar-refractivity contribution in [3.05, 3.63) is 70.5 Å². The van der Waals surface area contributed by atoms with Gasteiger partial charge in [0.1, 0.15) is 11.9 Å². The summed E-state index contributed by atoms with van der Waals surface area (Å²) in [5, 5.41) is 3.53. The van der Waals surface area contributed by atoms with Gasteiger partial charge in [-0.3, -0.25) is 9.59 Å². The van der Waals surface area contributed by atoms with Crippen molar-refractivity contribution in [2.24, 2.45) is 0 Å². The zero-order valence-electron chi connectivity index (χ0n) is 17.4. The molecule has 0 bridgehead atoms. The Labute approximate surface area is 187 Å². The van der Waals surface area contributed by atoms with Crippen LogP contribution in [0.3, 0.4) is 0 Å². The molecule has 7 heteroatoms. The van der Waals surface area contributed by atoms with E-state index in [-0.39, 0.29) is 23.4 Å². The van der Waals surface area contributed by atoms with E-state index in [1.54, 1.807) is 36.1 Å². The number of halogens is 2. The first-order valence-corrected chi connectivity index (χ1v) is 11.6. The Balaban J connectivity index is 2.02. The second-order valence-electron chi connectivity index (χ2n) is 7.09. The molecule has 162 valence electrons. The highest BCUT2D eigenvalue weighted by Gasteiger charge is 2.25. The van der Waals surface area contributed by atoms with Crippen molar-refractivity contribution in [1.82, 2.24) is 10.2 Å². The summed E-state index contributed by atoms with van der Waals surface area (Å²) in [6.07, 6.45) is 1.89. The van der Waals surface area contributed by atoms with Gasteiger partial charge in [0.15, 0.2) is 0 Å². The van der Waals surface area contributed by atoms with E-state index < -0.39 is 6.04 Å². The van der Waals surface area contributed by atoms with Crippen LogP contribution < -0.4 is 5.32 Å². The quantitative estimate of drug-likeness (QED) is 0.487. The second kappa shape index (κ2) is 12.6. The SMILES string of the molecule is CCCCNC(=O)C(C)N(Cc1ccc(Cl)cc1)C(=O)CSCc1ccc(F)cc1. The molecule has 0 aromatic heterocycles. The minimum absolute atomic E-state index is 0.116. The van der Waals surface area contributed by atoms with Gasteiger partial charge in [-0.05, 0) is 48.7 Å². The first-order valence-electron chi connectivity index (χ1n) is 10.0. The summed E-state index contributed by atoms with van der Waals surface area (Å²) in [7, 11) is 0. The lowest BCUT2D eigenvalue weighted by molar-refractivity contribution is -0.138. The number of thioether (sulfide) groups is 1. The molecule has 0 aliphatic heterocycles. The van der Waals surface area contributed by atoms with Gasteiger partial charge in [0.05, 0.1) is 5.75 Å². The fraction of sp³-hybridized carbons (Fsp3) is 0.391. The van der Waals surface area contributed by atoms with Crippen LogP contribution in [-0.4, -0.2) is 35.1 Å². The van der Waals surface area contributed by atoms with Crippen LogP contribution in [0.2, 0.25) is 5.02 Å². The maximum atomic E-state index is 13.0. The highest BCUT2D eigenvalue weighted by atomic mass is 35.5. The summed E-state index contributed by atoms with van der Waals surface area (Å²) in [5.74, 6) is 0.275. The van der Waals surface area contributed by atoms with E-state index in [0.717, 1.165) is 24.0 Å². The largest absolute Gasteiger partial charge is 0.354 e. The number of hydrogen-bond donors (Lipinski definition) is 1. The summed E-state index contributed by atoms with van der Waals surface area (Å²) in [5.41, 5.74) is 1.85. The molecule has 0 aliphatic rings. The molecular weight excluding hydrogens is 423 g/mol. The zero-order valence-corrected chi connectivity index (χ0v) is 18.9. The number of hydrogen-bond acceptors (Lipinski definition) is 3. The maximum absolute atomic E-state index is 13.0. The van der Waals surface area contributed by atoms with Crippen molar-refractivity contribution in [3.8, 4) is 0 Å². The van der Waals surface area contributed by atoms with Crippen molar-refractivity contribution in [3.63, 3.8) is 0 Å². The van der Waals surface area contributed by atoms with Crippen molar-refractivity contribution in [2.75, 3.05) is 12.3 Å². The minimum atomic E-state index is -0.587. The van der Waals surface area contributed by atoms with E-state index in [9.17, 15) is 14.0 Å². The number of carbonyl (C=O) groups is 2. The molecule has 0 aliphatic carbocycles. The number of amides is 2. The molecule has 1 N–H and O–H groups in total. The van der Waals surface area contributed by atoms with Crippen LogP contribution in [0, 0.1) is 5.82 Å². The van der Waals surface area contributed by atoms with Crippen molar-refractivity contribution in [1.29, 1.82) is 0 Å². The number of carbonyl (C=O) groups excluding carboxylic acids is 2. The van der Waals surface area contributed by atoms with Crippen LogP contribution in [-0.2, 0) is 21.9 Å². The smallest absolute Gasteiger partial charge is 0.242 e. The van der Waals surface area contributed by atoms with Crippen molar-refractivity contribution < 1.29 is 14.0 Å². The lowest BCUT2D eigenvalue weighted by atomic mass is 10.1. The number of nitrogens with zero attached hydrogens (tertiary/aromatic N) is 1. The Hall–Kier alpha value is -2.05. The molecule has 2 aromatic rings. The molecule has 4 nitrogen and oxygen atoms in total. The van der Waals surface area contributed by atoms with Gasteiger partial charge >= 0.3 is 0 Å². The van der Waals surface area contributed by atoms with Gasteiger partial charge in [-0.25, -0.2) is 4.39 Å². The number of unbranched alkanes of at least 4 members (excludes halogenated alkanes) is 1. The highest BCUT2D eigenvalue weighted by Crippen LogP contribution is 2.17. The molecule has 2 rings (SSSR count). The molecule has 0 saturated heterocycles. The van der Waals surface area contributed by atoms with Gasteiger partial charge in [-0.15, -0.1) is 11.8 Å². The second-order valence-corrected chi connectivity index (χ2v) is 8.51. The Bertz CT molecular complexity index is 815. The Morgan fingerprint density at radius 2 is 1.73 bits per heavy atom. The summed E-state index contributed by atoms with van der Waals surface area (Å²) in [4.78, 5) is 27.1. The topological polar surface area (TPSA) is 49.4 Å². The standard InChI is InChI=1S/C23H28ClFN2O2S/c1-3-4-13-26-23(29)17(2)27(14-18-5-9-20(24)10-6-18)22(28)16-30-15-19-7-11-21(25)12-8-19/h5-12,17H,3-4,13-16H2,1-2H3,(H,26,29). The van der Waals surface area contributed by atoms with E-state index in [2.05, 4.69) is 12.2 Å². The van der Waals surface area contributed by atoms with Crippen LogP contribution in [0.25, 0.3) is 0 Å². The normalized spacial score (nSPS) is 11.7. The molecule has 30 heavy (non-hydrogen) atoms. The van der Waals surface area contributed by atoms with Gasteiger partial charge in [0, 0.05) is 23.9 Å². The zero-order chi connectivity index (χ0) is 21.9. The average Bonchev–Trinajstić information content (AvgIpc) is 2.74. The first-order chi connectivity index (χ1) is 14.4. The fourth-order valence-electron chi connectivity index (χ4n) is 2.82. The molecule has 0 saturated carbocycles. The summed E-state index contributed by atoms with van der Waals surface area (Å²) >= 11 is 7.41. The summed E-state index contributed by atoms with van der Waals surface area (Å²) in [6, 6.07) is 12.9. The maximum Gasteiger partial charge on any atom is 0.242 e. The predicted octanol–water partition coefficient (Wildman–Crippen LogP) is 5.05. The molecule has 0 radical (unpaired) electrons. The van der Waals surface area contributed by atoms with Crippen LogP contribution in [0.15, 0.2) is 48.5 Å². The Morgan fingerprint density at radius 1 is 1.10 bits per heavy atom. The molecule has 2 aromatic carbocycles. The van der Waals surface area contributed by atoms with Gasteiger partial charge in [0.2, 0.25) is 11.8 Å². The summed E-state index contributed by atoms with van der Waals surface area (Å²) < 4.78 is 13.0. The first kappa shape index (κ1) is 24.2. The van der Waals surface area contributed by atoms with Gasteiger partial charge in [0.25, 0.3) is 0 Å². The molecule has 0 fully saturated rings. The van der Waals surface area contributed by atoms with Crippen LogP contribution in [0.4, 0.5) is 4.39 Å². The van der Waals surface area contributed by atoms with Gasteiger partial charge in [-0.2, -0.15) is 0 Å². The third-order valence-electron chi connectivity index (χ3n) is 4.67. The predicted molar refractivity (Wildman–Crippen MR) is 122 cm³/mol. The summed E-state index contributed by atoms with van der Waals surface area (Å²) in [6.45, 7) is 4.74. The minimum Gasteiger partial charge on any atom is -0.354 e. The monoisotopic (exact) mass is 450 g/mol. The van der Waals surface area contributed by atoms with Crippen molar-refractivity contribution in [2.45, 2.75) is 45.0 Å². The van der Waals surface area contributed by atoms with E-state index in [1.165, 1.54) is 23.9 Å². The molecule has 0 spiro atoms. The average molecular weight is 451 g/mol. The molecule has 0 heterocycles. The lowest BCUT2D eigenvalue weighted by Crippen LogP contribution is -2.48. The number of benzene rings is 2. The van der Waals surface area contributed by atoms with Crippen LogP contribution in [0.1, 0.15) is 37.8 Å². The third kappa shape index (κ3) is 8.00. The molecule has 1 unspecified atom stereocenters. The number of nitrogens with one attached hydrogen (secondary N) is 1. The fourth-order valence-corrected chi connectivity index (χ4v) is 3.82. The third-order valence-corrected chi connectivity index (χ3v) is 5.91. The Kier molecular flexibility index (Phi) is 10.2. The highest BCUT2D eigenvalue weighted by molar-refractivity contribution is 7.99. The van der Waals surface area contributed by atoms with Crippen LogP contribution >= 0.6 is 23.4 Å². The lowest BCUT2D eigenvalue weighted by Gasteiger charge is -2.29. The molecule has 2 amide bonds. The van der Waals surface area contributed by atoms with E-state index >= 15 is 0 Å². The van der Waals surface area contributed by atoms with Crippen LogP contribution in [0.5, 0.6) is 0 Å². The van der Waals surface area contributed by atoms with Gasteiger partial charge < -0.3 is 10.2 Å². The molecular formula is C23H28ClFN2O2S. The van der Waals surface area contributed by atoms with Gasteiger partial charge in [-0.1, -0.05) is 49.2 Å². The molecule has 1 atom stereocenters. The van der Waals surface area contributed by atoms with E-state index in [1.807, 2.05) is 12.1 Å².